The predicted molar refractivity (Wildman–Crippen MR) is 78.5 cm³/mol. The summed E-state index contributed by atoms with van der Waals surface area (Å²) in [6.45, 7) is 3.26. The Morgan fingerprint density at radius 3 is 2.40 bits per heavy atom. The van der Waals surface area contributed by atoms with Gasteiger partial charge in [0.05, 0.1) is 0 Å². The van der Waals surface area contributed by atoms with Crippen molar-refractivity contribution in [3.63, 3.8) is 0 Å². The van der Waals surface area contributed by atoms with Crippen molar-refractivity contribution in [2.75, 3.05) is 13.1 Å². The van der Waals surface area contributed by atoms with Crippen molar-refractivity contribution in [1.82, 2.24) is 10.2 Å². The number of nitrogens with one attached hydrogen (secondary N) is 1. The topological polar surface area (TPSA) is 49.4 Å². The molecule has 2 rings (SSSR count). The van der Waals surface area contributed by atoms with Gasteiger partial charge in [-0.05, 0) is 25.3 Å². The summed E-state index contributed by atoms with van der Waals surface area (Å²) >= 11 is 6.13. The van der Waals surface area contributed by atoms with Gasteiger partial charge in [-0.3, -0.25) is 9.59 Å². The van der Waals surface area contributed by atoms with Gasteiger partial charge in [-0.2, -0.15) is 0 Å². The first kappa shape index (κ1) is 14.9. The molecule has 2 atom stereocenters. The Balaban J connectivity index is 1.91. The Kier molecular flexibility index (Phi) is 5.01. The highest BCUT2D eigenvalue weighted by molar-refractivity contribution is 6.30. The second kappa shape index (κ2) is 6.75. The Labute approximate surface area is 124 Å². The van der Waals surface area contributed by atoms with E-state index in [0.29, 0.717) is 0 Å². The van der Waals surface area contributed by atoms with Crippen LogP contribution >= 0.6 is 11.6 Å². The zero-order chi connectivity index (χ0) is 14.5. The number of hydrogen-bond acceptors (Lipinski definition) is 2. The molecule has 0 spiro atoms. The van der Waals surface area contributed by atoms with Gasteiger partial charge in [0.25, 0.3) is 0 Å². The van der Waals surface area contributed by atoms with Crippen LogP contribution in [0.15, 0.2) is 30.3 Å². The molecule has 0 saturated carbocycles. The number of amides is 2. The van der Waals surface area contributed by atoms with Crippen molar-refractivity contribution in [2.45, 2.75) is 31.2 Å². The Bertz CT molecular complexity index is 472. The lowest BCUT2D eigenvalue weighted by molar-refractivity contribution is -0.135. The van der Waals surface area contributed by atoms with Crippen LogP contribution in [0.1, 0.15) is 30.7 Å². The SMILES string of the molecule is CC(NC(=O)C(Cl)c1ccccc1)C(=O)N1CCCC1. The van der Waals surface area contributed by atoms with Crippen LogP contribution in [0.4, 0.5) is 0 Å². The minimum Gasteiger partial charge on any atom is -0.343 e. The normalized spacial score (nSPS) is 17.6. The number of carbonyl (C=O) groups is 2. The molecule has 1 heterocycles. The maximum absolute atomic E-state index is 12.1. The molecular formula is C15H19ClN2O2. The van der Waals surface area contributed by atoms with Crippen molar-refractivity contribution in [3.05, 3.63) is 35.9 Å². The largest absolute Gasteiger partial charge is 0.343 e. The average Bonchev–Trinajstić information content (AvgIpc) is 3.00. The lowest BCUT2D eigenvalue weighted by Crippen LogP contribution is -2.46. The number of benzene rings is 1. The van der Waals surface area contributed by atoms with Gasteiger partial charge in [0.1, 0.15) is 11.4 Å². The van der Waals surface area contributed by atoms with Crippen LogP contribution in [0.3, 0.4) is 0 Å². The van der Waals surface area contributed by atoms with E-state index in [0.717, 1.165) is 31.5 Å². The number of alkyl halides is 1. The molecule has 5 heteroatoms. The van der Waals surface area contributed by atoms with Crippen LogP contribution in [0, 0.1) is 0 Å². The molecule has 1 aromatic carbocycles. The highest BCUT2D eigenvalue weighted by atomic mass is 35.5. The maximum Gasteiger partial charge on any atom is 0.244 e. The van der Waals surface area contributed by atoms with Gasteiger partial charge in [-0.25, -0.2) is 0 Å². The third kappa shape index (κ3) is 3.51. The number of carbonyl (C=O) groups excluding carboxylic acids is 2. The fourth-order valence-corrected chi connectivity index (χ4v) is 2.54. The summed E-state index contributed by atoms with van der Waals surface area (Å²) in [7, 11) is 0. The number of halogens is 1. The minimum atomic E-state index is -0.773. The summed E-state index contributed by atoms with van der Waals surface area (Å²) in [4.78, 5) is 26.0. The van der Waals surface area contributed by atoms with E-state index >= 15 is 0 Å². The van der Waals surface area contributed by atoms with E-state index in [9.17, 15) is 9.59 Å². The first-order chi connectivity index (χ1) is 9.59. The molecule has 2 amide bonds. The number of likely N-dealkylation sites (tertiary alicyclic amines) is 1. The molecule has 1 aliphatic rings. The molecule has 108 valence electrons. The van der Waals surface area contributed by atoms with E-state index < -0.39 is 11.4 Å². The van der Waals surface area contributed by atoms with Crippen molar-refractivity contribution in [2.24, 2.45) is 0 Å². The van der Waals surface area contributed by atoms with Crippen LogP contribution in [0.25, 0.3) is 0 Å². The molecule has 0 bridgehead atoms. The van der Waals surface area contributed by atoms with Crippen LogP contribution in [-0.4, -0.2) is 35.8 Å². The maximum atomic E-state index is 12.1. The van der Waals surface area contributed by atoms with Crippen molar-refractivity contribution in [1.29, 1.82) is 0 Å². The van der Waals surface area contributed by atoms with Gasteiger partial charge in [0.2, 0.25) is 11.8 Å². The van der Waals surface area contributed by atoms with Crippen molar-refractivity contribution < 1.29 is 9.59 Å². The number of rotatable bonds is 4. The van der Waals surface area contributed by atoms with Crippen LogP contribution in [-0.2, 0) is 9.59 Å². The molecule has 1 aromatic rings. The summed E-state index contributed by atoms with van der Waals surface area (Å²) in [5, 5.41) is 1.92. The van der Waals surface area contributed by atoms with Crippen LogP contribution in [0.5, 0.6) is 0 Å². The smallest absolute Gasteiger partial charge is 0.244 e. The van der Waals surface area contributed by atoms with Gasteiger partial charge in [0.15, 0.2) is 0 Å². The van der Waals surface area contributed by atoms with Gasteiger partial charge in [-0.15, -0.1) is 11.6 Å². The molecular weight excluding hydrogens is 276 g/mol. The summed E-state index contributed by atoms with van der Waals surface area (Å²) in [6.07, 6.45) is 2.07. The van der Waals surface area contributed by atoms with E-state index in [1.165, 1.54) is 0 Å². The van der Waals surface area contributed by atoms with E-state index in [1.54, 1.807) is 24.0 Å². The summed E-state index contributed by atoms with van der Waals surface area (Å²) in [5.41, 5.74) is 0.729. The van der Waals surface area contributed by atoms with Gasteiger partial charge in [0, 0.05) is 13.1 Å². The van der Waals surface area contributed by atoms with Crippen LogP contribution in [0.2, 0.25) is 0 Å². The fourth-order valence-electron chi connectivity index (χ4n) is 2.33. The van der Waals surface area contributed by atoms with E-state index in [-0.39, 0.29) is 11.8 Å². The predicted octanol–water partition coefficient (Wildman–Crippen LogP) is 2.09. The van der Waals surface area contributed by atoms with Crippen LogP contribution < -0.4 is 5.32 Å². The number of nitrogens with zero attached hydrogens (tertiary/aromatic N) is 1. The molecule has 2 unspecified atom stereocenters. The molecule has 20 heavy (non-hydrogen) atoms. The molecule has 0 aliphatic carbocycles. The Morgan fingerprint density at radius 2 is 1.80 bits per heavy atom. The molecule has 1 N–H and O–H groups in total. The van der Waals surface area contributed by atoms with Crippen molar-refractivity contribution in [3.8, 4) is 0 Å². The van der Waals surface area contributed by atoms with E-state index in [4.69, 9.17) is 11.6 Å². The second-order valence-electron chi connectivity index (χ2n) is 5.04. The van der Waals surface area contributed by atoms with E-state index in [1.807, 2.05) is 18.2 Å². The zero-order valence-corrected chi connectivity index (χ0v) is 12.3. The van der Waals surface area contributed by atoms with E-state index in [2.05, 4.69) is 5.32 Å². The quantitative estimate of drug-likeness (QED) is 0.865. The first-order valence-electron chi connectivity index (χ1n) is 6.88. The third-order valence-electron chi connectivity index (χ3n) is 3.47. The highest BCUT2D eigenvalue weighted by Crippen LogP contribution is 2.20. The molecule has 0 aromatic heterocycles. The number of hydrogen-bond donors (Lipinski definition) is 1. The Hall–Kier alpha value is -1.55. The molecule has 1 fully saturated rings. The molecule has 4 nitrogen and oxygen atoms in total. The second-order valence-corrected chi connectivity index (χ2v) is 5.47. The zero-order valence-electron chi connectivity index (χ0n) is 11.5. The van der Waals surface area contributed by atoms with Gasteiger partial charge >= 0.3 is 0 Å². The fraction of sp³-hybridized carbons (Fsp3) is 0.467. The Morgan fingerprint density at radius 1 is 1.20 bits per heavy atom. The lowest BCUT2D eigenvalue weighted by Gasteiger charge is -2.22. The first-order valence-corrected chi connectivity index (χ1v) is 7.31. The standard InChI is InChI=1S/C15H19ClN2O2/c1-11(15(20)18-9-5-6-10-18)17-14(19)13(16)12-7-3-2-4-8-12/h2-4,7-8,11,13H,5-6,9-10H2,1H3,(H,17,19). The highest BCUT2D eigenvalue weighted by Gasteiger charge is 2.26. The minimum absolute atomic E-state index is 0.0345. The van der Waals surface area contributed by atoms with Gasteiger partial charge < -0.3 is 10.2 Å². The molecule has 1 saturated heterocycles. The summed E-state index contributed by atoms with van der Waals surface area (Å²) < 4.78 is 0. The summed E-state index contributed by atoms with van der Waals surface area (Å²) in [6, 6.07) is 8.58. The molecule has 0 radical (unpaired) electrons. The average molecular weight is 295 g/mol. The van der Waals surface area contributed by atoms with Crippen molar-refractivity contribution >= 4 is 23.4 Å². The molecule has 1 aliphatic heterocycles. The van der Waals surface area contributed by atoms with Gasteiger partial charge in [-0.1, -0.05) is 30.3 Å². The third-order valence-corrected chi connectivity index (χ3v) is 3.92. The summed E-state index contributed by atoms with van der Waals surface area (Å²) in [5.74, 6) is -0.370. The lowest BCUT2D eigenvalue weighted by atomic mass is 10.1. The monoisotopic (exact) mass is 294 g/mol.